The highest BCUT2D eigenvalue weighted by Gasteiger charge is 2.19. The van der Waals surface area contributed by atoms with E-state index in [0.29, 0.717) is 48.9 Å². The number of rotatable bonds is 5. The van der Waals surface area contributed by atoms with Gasteiger partial charge in [0.2, 0.25) is 0 Å². The predicted molar refractivity (Wildman–Crippen MR) is 103 cm³/mol. The molecular weight excluding hydrogens is 348 g/mol. The Bertz CT molecular complexity index is 844. The number of nitrogens with zero attached hydrogens (tertiary/aromatic N) is 2. The first-order valence-electron chi connectivity index (χ1n) is 8.59. The third kappa shape index (κ3) is 4.20. The molecule has 27 heavy (non-hydrogen) atoms. The van der Waals surface area contributed by atoms with Gasteiger partial charge in [0.1, 0.15) is 0 Å². The molecule has 1 aliphatic rings. The van der Waals surface area contributed by atoms with Gasteiger partial charge in [-0.1, -0.05) is 6.07 Å². The molecule has 142 valence electrons. The molecule has 1 N–H and O–H groups in total. The number of para-hydroxylation sites is 1. The van der Waals surface area contributed by atoms with Gasteiger partial charge >= 0.3 is 5.97 Å². The number of aliphatic imine (C=N–C) groups is 1. The van der Waals surface area contributed by atoms with Crippen LogP contribution in [-0.2, 0) is 9.47 Å². The number of ether oxygens (including phenoxy) is 3. The topological polar surface area (TPSA) is 80.6 Å². The van der Waals surface area contributed by atoms with Crippen LogP contribution in [0.15, 0.2) is 41.4 Å². The van der Waals surface area contributed by atoms with Gasteiger partial charge in [0, 0.05) is 24.9 Å². The zero-order valence-corrected chi connectivity index (χ0v) is 15.3. The van der Waals surface area contributed by atoms with E-state index >= 15 is 0 Å². The van der Waals surface area contributed by atoms with Crippen molar-refractivity contribution in [2.45, 2.75) is 0 Å². The molecule has 0 spiro atoms. The highest BCUT2D eigenvalue weighted by atomic mass is 16.5. The largest absolute Gasteiger partial charge is 0.504 e. The summed E-state index contributed by atoms with van der Waals surface area (Å²) in [6, 6.07) is 10.5. The van der Waals surface area contributed by atoms with Crippen molar-refractivity contribution in [3.05, 3.63) is 47.5 Å². The van der Waals surface area contributed by atoms with Crippen molar-refractivity contribution in [1.82, 2.24) is 0 Å². The maximum Gasteiger partial charge on any atom is 0.340 e. The minimum Gasteiger partial charge on any atom is -0.504 e. The molecule has 1 aliphatic heterocycles. The SMILES string of the molecule is COC(=O)c1cc(N=Cc2cccc(OC)c2O)ccc1N1CCOCC1. The number of carbonyl (C=O) groups is 1. The van der Waals surface area contributed by atoms with Crippen LogP contribution in [0.2, 0.25) is 0 Å². The van der Waals surface area contributed by atoms with Crippen molar-refractivity contribution in [1.29, 1.82) is 0 Å². The summed E-state index contributed by atoms with van der Waals surface area (Å²) in [5.41, 5.74) is 2.35. The molecule has 1 saturated heterocycles. The molecule has 7 heteroatoms. The van der Waals surface area contributed by atoms with Gasteiger partial charge < -0.3 is 24.2 Å². The molecule has 0 amide bonds. The van der Waals surface area contributed by atoms with Gasteiger partial charge in [-0.15, -0.1) is 0 Å². The van der Waals surface area contributed by atoms with Crippen LogP contribution in [0, 0.1) is 0 Å². The average molecular weight is 370 g/mol. The Balaban J connectivity index is 1.91. The van der Waals surface area contributed by atoms with Gasteiger partial charge in [-0.05, 0) is 30.3 Å². The number of hydrogen-bond donors (Lipinski definition) is 1. The number of carbonyl (C=O) groups excluding carboxylic acids is 1. The van der Waals surface area contributed by atoms with Crippen molar-refractivity contribution in [2.24, 2.45) is 4.99 Å². The number of morpholine rings is 1. The molecule has 0 aromatic heterocycles. The van der Waals surface area contributed by atoms with Crippen molar-refractivity contribution < 1.29 is 24.1 Å². The maximum absolute atomic E-state index is 12.3. The standard InChI is InChI=1S/C20H22N2O5/c1-25-18-5-3-4-14(19(18)23)13-21-15-6-7-17(16(12-15)20(24)26-2)22-8-10-27-11-9-22/h3-7,12-13,23H,8-11H2,1-2H3. The second-order valence-electron chi connectivity index (χ2n) is 5.95. The number of aromatic hydroxyl groups is 1. The number of phenolic OH excluding ortho intramolecular Hbond substituents is 1. The molecule has 3 rings (SSSR count). The van der Waals surface area contributed by atoms with Crippen LogP contribution < -0.4 is 9.64 Å². The van der Waals surface area contributed by atoms with Crippen molar-refractivity contribution >= 4 is 23.6 Å². The lowest BCUT2D eigenvalue weighted by atomic mass is 10.1. The zero-order chi connectivity index (χ0) is 19.2. The lowest BCUT2D eigenvalue weighted by molar-refractivity contribution is 0.0600. The summed E-state index contributed by atoms with van der Waals surface area (Å²) < 4.78 is 15.4. The number of benzene rings is 2. The first-order valence-corrected chi connectivity index (χ1v) is 8.59. The van der Waals surface area contributed by atoms with Crippen LogP contribution in [0.4, 0.5) is 11.4 Å². The molecule has 2 aromatic carbocycles. The van der Waals surface area contributed by atoms with Crippen LogP contribution in [0.25, 0.3) is 0 Å². The Morgan fingerprint density at radius 2 is 2.00 bits per heavy atom. The lowest BCUT2D eigenvalue weighted by Gasteiger charge is -2.30. The molecule has 0 atom stereocenters. The normalized spacial score (nSPS) is 14.4. The highest BCUT2D eigenvalue weighted by Crippen LogP contribution is 2.30. The maximum atomic E-state index is 12.3. The summed E-state index contributed by atoms with van der Waals surface area (Å²) >= 11 is 0. The van der Waals surface area contributed by atoms with Crippen LogP contribution in [-0.4, -0.2) is 57.8 Å². The number of anilines is 1. The van der Waals surface area contributed by atoms with E-state index in [-0.39, 0.29) is 5.75 Å². The van der Waals surface area contributed by atoms with Crippen molar-refractivity contribution in [2.75, 3.05) is 45.4 Å². The molecule has 0 unspecified atom stereocenters. The number of methoxy groups -OCH3 is 2. The van der Waals surface area contributed by atoms with Crippen molar-refractivity contribution in [3.8, 4) is 11.5 Å². The first kappa shape index (κ1) is 18.7. The lowest BCUT2D eigenvalue weighted by Crippen LogP contribution is -2.37. The van der Waals surface area contributed by atoms with Gasteiger partial charge in [-0.3, -0.25) is 4.99 Å². The molecule has 0 bridgehead atoms. The van der Waals surface area contributed by atoms with E-state index in [2.05, 4.69) is 9.89 Å². The first-order chi connectivity index (χ1) is 13.1. The molecule has 7 nitrogen and oxygen atoms in total. The van der Waals surface area contributed by atoms with Crippen LogP contribution in [0.5, 0.6) is 11.5 Å². The summed E-state index contributed by atoms with van der Waals surface area (Å²) in [6.07, 6.45) is 1.53. The molecule has 0 radical (unpaired) electrons. The smallest absolute Gasteiger partial charge is 0.340 e. The second kappa shape index (κ2) is 8.55. The van der Waals surface area contributed by atoms with E-state index in [1.165, 1.54) is 20.4 Å². The summed E-state index contributed by atoms with van der Waals surface area (Å²) in [6.45, 7) is 2.67. The quantitative estimate of drug-likeness (QED) is 0.644. The van der Waals surface area contributed by atoms with E-state index in [1.54, 1.807) is 24.3 Å². The molecule has 0 aliphatic carbocycles. The fourth-order valence-corrected chi connectivity index (χ4v) is 2.91. The number of esters is 1. The number of phenols is 1. The van der Waals surface area contributed by atoms with Gasteiger partial charge in [0.05, 0.1) is 44.4 Å². The third-order valence-corrected chi connectivity index (χ3v) is 4.34. The van der Waals surface area contributed by atoms with E-state index in [4.69, 9.17) is 14.2 Å². The van der Waals surface area contributed by atoms with Gasteiger partial charge in [-0.25, -0.2) is 4.79 Å². The van der Waals surface area contributed by atoms with E-state index in [0.717, 1.165) is 5.69 Å². The second-order valence-corrected chi connectivity index (χ2v) is 5.95. The summed E-state index contributed by atoms with van der Waals surface area (Å²) in [5.74, 6) is -0.0310. The Morgan fingerprint density at radius 1 is 1.22 bits per heavy atom. The monoisotopic (exact) mass is 370 g/mol. The third-order valence-electron chi connectivity index (χ3n) is 4.34. The Hall–Kier alpha value is -3.06. The fourth-order valence-electron chi connectivity index (χ4n) is 2.91. The fraction of sp³-hybridized carbons (Fsp3) is 0.300. The van der Waals surface area contributed by atoms with Gasteiger partial charge in [-0.2, -0.15) is 0 Å². The van der Waals surface area contributed by atoms with E-state index < -0.39 is 5.97 Å². The summed E-state index contributed by atoms with van der Waals surface area (Å²) in [5, 5.41) is 10.2. The molecule has 1 heterocycles. The van der Waals surface area contributed by atoms with E-state index in [1.807, 2.05) is 12.1 Å². The number of hydrogen-bond acceptors (Lipinski definition) is 7. The zero-order valence-electron chi connectivity index (χ0n) is 15.3. The predicted octanol–water partition coefficient (Wildman–Crippen LogP) is 2.77. The summed E-state index contributed by atoms with van der Waals surface area (Å²) in [7, 11) is 2.85. The molecule has 0 saturated carbocycles. The highest BCUT2D eigenvalue weighted by molar-refractivity contribution is 5.97. The Labute approximate surface area is 157 Å². The van der Waals surface area contributed by atoms with Crippen LogP contribution in [0.1, 0.15) is 15.9 Å². The molecule has 2 aromatic rings. The van der Waals surface area contributed by atoms with Gasteiger partial charge in [0.25, 0.3) is 0 Å². The Morgan fingerprint density at radius 3 is 2.70 bits per heavy atom. The van der Waals surface area contributed by atoms with Crippen LogP contribution in [0.3, 0.4) is 0 Å². The summed E-state index contributed by atoms with van der Waals surface area (Å²) in [4.78, 5) is 18.7. The van der Waals surface area contributed by atoms with Gasteiger partial charge in [0.15, 0.2) is 11.5 Å². The molecule has 1 fully saturated rings. The molecular formula is C20H22N2O5. The minimum absolute atomic E-state index is 0.0156. The van der Waals surface area contributed by atoms with Crippen molar-refractivity contribution in [3.63, 3.8) is 0 Å². The Kier molecular flexibility index (Phi) is 5.93. The van der Waals surface area contributed by atoms with E-state index in [9.17, 15) is 9.90 Å². The minimum atomic E-state index is -0.419. The average Bonchev–Trinajstić information content (AvgIpc) is 2.73. The van der Waals surface area contributed by atoms with Crippen LogP contribution >= 0.6 is 0 Å².